The lowest BCUT2D eigenvalue weighted by Gasteiger charge is -1.99. The van der Waals surface area contributed by atoms with Crippen molar-refractivity contribution in [2.24, 2.45) is 0 Å². The lowest BCUT2D eigenvalue weighted by molar-refractivity contribution is 0.150. The average Bonchev–Trinajstić information content (AvgIpc) is 1.85. The third-order valence-electron chi connectivity index (χ3n) is 1.14. The summed E-state index contributed by atoms with van der Waals surface area (Å²) in [5, 5.41) is 0. The Labute approximate surface area is 74.8 Å². The van der Waals surface area contributed by atoms with Gasteiger partial charge in [-0.05, 0) is 28.7 Å². The Kier molecular flexibility index (Phi) is 2.58. The summed E-state index contributed by atoms with van der Waals surface area (Å²) < 4.78 is 24.3. The SMILES string of the molecule is O=c1ccc(C(F)F)c(I)[nH]1. The maximum absolute atomic E-state index is 12.0. The molecule has 0 aromatic carbocycles. The van der Waals surface area contributed by atoms with Crippen molar-refractivity contribution in [3.8, 4) is 0 Å². The number of H-pyrrole nitrogens is 1. The van der Waals surface area contributed by atoms with E-state index in [2.05, 4.69) is 4.98 Å². The van der Waals surface area contributed by atoms with Gasteiger partial charge >= 0.3 is 0 Å². The van der Waals surface area contributed by atoms with Gasteiger partial charge < -0.3 is 4.98 Å². The zero-order valence-electron chi connectivity index (χ0n) is 5.27. The quantitative estimate of drug-likeness (QED) is 0.614. The van der Waals surface area contributed by atoms with E-state index >= 15 is 0 Å². The molecule has 1 aromatic heterocycles. The molecule has 0 saturated heterocycles. The molecule has 0 atom stereocenters. The third-order valence-corrected chi connectivity index (χ3v) is 2.03. The van der Waals surface area contributed by atoms with Crippen LogP contribution in [0, 0.1) is 3.70 Å². The van der Waals surface area contributed by atoms with Crippen LogP contribution in [0.2, 0.25) is 0 Å². The number of aromatic nitrogens is 1. The highest BCUT2D eigenvalue weighted by Crippen LogP contribution is 2.20. The van der Waals surface area contributed by atoms with Gasteiger partial charge in [0.15, 0.2) is 0 Å². The molecule has 2 nitrogen and oxygen atoms in total. The maximum atomic E-state index is 12.0. The van der Waals surface area contributed by atoms with Crippen LogP contribution in [0.15, 0.2) is 16.9 Å². The smallest absolute Gasteiger partial charge is 0.266 e. The number of alkyl halides is 2. The molecule has 11 heavy (non-hydrogen) atoms. The number of pyridine rings is 1. The molecule has 0 radical (unpaired) electrons. The first-order valence-corrected chi connectivity index (χ1v) is 3.86. The van der Waals surface area contributed by atoms with Crippen molar-refractivity contribution in [2.75, 3.05) is 0 Å². The first kappa shape index (κ1) is 8.63. The molecule has 0 bridgehead atoms. The van der Waals surface area contributed by atoms with Crippen molar-refractivity contribution in [3.05, 3.63) is 31.8 Å². The summed E-state index contributed by atoms with van der Waals surface area (Å²) in [4.78, 5) is 12.8. The minimum atomic E-state index is -2.53. The van der Waals surface area contributed by atoms with Gasteiger partial charge in [0.05, 0.1) is 3.70 Å². The Morgan fingerprint density at radius 3 is 2.55 bits per heavy atom. The van der Waals surface area contributed by atoms with Crippen molar-refractivity contribution < 1.29 is 8.78 Å². The summed E-state index contributed by atoms with van der Waals surface area (Å²) in [6, 6.07) is 2.22. The van der Waals surface area contributed by atoms with Crippen LogP contribution in [0.3, 0.4) is 0 Å². The van der Waals surface area contributed by atoms with Crippen LogP contribution in [0.5, 0.6) is 0 Å². The van der Waals surface area contributed by atoms with Gasteiger partial charge in [-0.25, -0.2) is 8.78 Å². The second-order valence-electron chi connectivity index (χ2n) is 1.89. The predicted molar refractivity (Wildman–Crippen MR) is 44.7 cm³/mol. The molecule has 0 saturated carbocycles. The summed E-state index contributed by atoms with van der Waals surface area (Å²) in [6.45, 7) is 0. The van der Waals surface area contributed by atoms with E-state index in [1.807, 2.05) is 0 Å². The summed E-state index contributed by atoms with van der Waals surface area (Å²) in [5.74, 6) is 0. The van der Waals surface area contributed by atoms with Crippen molar-refractivity contribution in [1.82, 2.24) is 4.98 Å². The summed E-state index contributed by atoms with van der Waals surface area (Å²) in [6.07, 6.45) is -2.53. The number of hydrogen-bond acceptors (Lipinski definition) is 1. The van der Waals surface area contributed by atoms with E-state index in [9.17, 15) is 13.6 Å². The fourth-order valence-corrected chi connectivity index (χ4v) is 1.31. The van der Waals surface area contributed by atoms with Crippen molar-refractivity contribution in [1.29, 1.82) is 0 Å². The number of rotatable bonds is 1. The van der Waals surface area contributed by atoms with Crippen LogP contribution >= 0.6 is 22.6 Å². The van der Waals surface area contributed by atoms with E-state index in [1.54, 1.807) is 22.6 Å². The second-order valence-corrected chi connectivity index (χ2v) is 2.97. The van der Waals surface area contributed by atoms with Gasteiger partial charge in [0.1, 0.15) is 0 Å². The first-order valence-electron chi connectivity index (χ1n) is 2.78. The minimum Gasteiger partial charge on any atom is -0.317 e. The van der Waals surface area contributed by atoms with Crippen molar-refractivity contribution in [2.45, 2.75) is 6.43 Å². The second kappa shape index (κ2) is 3.29. The highest BCUT2D eigenvalue weighted by atomic mass is 127. The lowest BCUT2D eigenvalue weighted by Crippen LogP contribution is -2.07. The molecular formula is C6H4F2INO. The summed E-state index contributed by atoms with van der Waals surface area (Å²) >= 11 is 1.67. The molecule has 0 aliphatic rings. The monoisotopic (exact) mass is 271 g/mol. The van der Waals surface area contributed by atoms with E-state index < -0.39 is 6.43 Å². The lowest BCUT2D eigenvalue weighted by atomic mass is 10.3. The fourth-order valence-electron chi connectivity index (χ4n) is 0.629. The molecule has 0 amide bonds. The number of halogens is 3. The van der Waals surface area contributed by atoms with Crippen LogP contribution in [0.25, 0.3) is 0 Å². The third kappa shape index (κ3) is 1.98. The van der Waals surface area contributed by atoms with Crippen LogP contribution in [0.4, 0.5) is 8.78 Å². The predicted octanol–water partition coefficient (Wildman–Crippen LogP) is 1.92. The largest absolute Gasteiger partial charge is 0.317 e. The van der Waals surface area contributed by atoms with Crippen LogP contribution < -0.4 is 5.56 Å². The van der Waals surface area contributed by atoms with Crippen LogP contribution in [-0.4, -0.2) is 4.98 Å². The maximum Gasteiger partial charge on any atom is 0.266 e. The van der Waals surface area contributed by atoms with Gasteiger partial charge in [0.2, 0.25) is 5.56 Å². The molecule has 1 rings (SSSR count). The van der Waals surface area contributed by atoms with Crippen LogP contribution in [-0.2, 0) is 0 Å². The highest BCUT2D eigenvalue weighted by Gasteiger charge is 2.10. The van der Waals surface area contributed by atoms with Gasteiger partial charge in [0.25, 0.3) is 6.43 Å². The molecule has 1 aromatic rings. The summed E-state index contributed by atoms with van der Waals surface area (Å²) in [5.41, 5.74) is -0.496. The molecule has 0 aliphatic heterocycles. The molecular weight excluding hydrogens is 267 g/mol. The van der Waals surface area contributed by atoms with E-state index in [0.29, 0.717) is 0 Å². The zero-order chi connectivity index (χ0) is 8.43. The highest BCUT2D eigenvalue weighted by molar-refractivity contribution is 14.1. The van der Waals surface area contributed by atoms with Crippen LogP contribution in [0.1, 0.15) is 12.0 Å². The zero-order valence-corrected chi connectivity index (χ0v) is 7.43. The normalized spacial score (nSPS) is 10.5. The fraction of sp³-hybridized carbons (Fsp3) is 0.167. The van der Waals surface area contributed by atoms with E-state index in [4.69, 9.17) is 0 Å². The number of hydrogen-bond donors (Lipinski definition) is 1. The van der Waals surface area contributed by atoms with Gasteiger partial charge in [0, 0.05) is 11.6 Å². The standard InChI is InChI=1S/C6H4F2INO/c7-5(8)3-1-2-4(11)10-6(3)9/h1-2,5H,(H,10,11). The summed E-state index contributed by atoms with van der Waals surface area (Å²) in [7, 11) is 0. The molecule has 60 valence electrons. The van der Waals surface area contributed by atoms with Gasteiger partial charge in [-0.1, -0.05) is 0 Å². The van der Waals surface area contributed by atoms with Gasteiger partial charge in [-0.3, -0.25) is 4.79 Å². The molecule has 1 heterocycles. The number of nitrogens with one attached hydrogen (secondary N) is 1. The Morgan fingerprint density at radius 2 is 2.09 bits per heavy atom. The Balaban J connectivity index is 3.20. The Hall–Kier alpha value is -0.460. The van der Waals surface area contributed by atoms with Gasteiger partial charge in [-0.15, -0.1) is 0 Å². The average molecular weight is 271 g/mol. The van der Waals surface area contributed by atoms with E-state index in [-0.39, 0.29) is 14.8 Å². The van der Waals surface area contributed by atoms with Crippen molar-refractivity contribution in [3.63, 3.8) is 0 Å². The first-order chi connectivity index (χ1) is 5.11. The minimum absolute atomic E-state index is 0.134. The topological polar surface area (TPSA) is 32.9 Å². The van der Waals surface area contributed by atoms with E-state index in [1.165, 1.54) is 0 Å². The molecule has 0 unspecified atom stereocenters. The van der Waals surface area contributed by atoms with Crippen molar-refractivity contribution >= 4 is 22.6 Å². The molecule has 5 heteroatoms. The molecule has 1 N–H and O–H groups in total. The van der Waals surface area contributed by atoms with E-state index in [0.717, 1.165) is 12.1 Å². The Bertz CT molecular complexity index is 310. The molecule has 0 spiro atoms. The molecule has 0 fully saturated rings. The Morgan fingerprint density at radius 1 is 1.45 bits per heavy atom. The van der Waals surface area contributed by atoms with Gasteiger partial charge in [-0.2, -0.15) is 0 Å². The molecule has 0 aliphatic carbocycles. The number of aromatic amines is 1.